The summed E-state index contributed by atoms with van der Waals surface area (Å²) in [5.41, 5.74) is 7.05. The maximum atomic E-state index is 6.14. The van der Waals surface area contributed by atoms with E-state index in [2.05, 4.69) is 34.1 Å². The fourth-order valence-electron chi connectivity index (χ4n) is 2.52. The summed E-state index contributed by atoms with van der Waals surface area (Å²) in [5, 5.41) is 0. The van der Waals surface area contributed by atoms with Crippen LogP contribution < -0.4 is 15.2 Å². The Balaban J connectivity index is 2.25. The smallest absolute Gasteiger partial charge is 0.176 e. The van der Waals surface area contributed by atoms with Gasteiger partial charge in [-0.15, -0.1) is 0 Å². The average Bonchev–Trinajstić information content (AvgIpc) is 2.43. The van der Waals surface area contributed by atoms with Crippen molar-refractivity contribution in [1.82, 2.24) is 0 Å². The lowest BCUT2D eigenvalue weighted by Crippen LogP contribution is -2.19. The van der Waals surface area contributed by atoms with Gasteiger partial charge in [0, 0.05) is 6.04 Å². The van der Waals surface area contributed by atoms with Gasteiger partial charge in [0.25, 0.3) is 0 Å². The Morgan fingerprint density at radius 2 is 2.24 bits per heavy atom. The molecule has 0 saturated carbocycles. The first kappa shape index (κ1) is 16.4. The Kier molecular flexibility index (Phi) is 6.12. The molecule has 1 aromatic carbocycles. The van der Waals surface area contributed by atoms with E-state index in [0.717, 1.165) is 40.8 Å². The second-order valence-electron chi connectivity index (χ2n) is 5.53. The summed E-state index contributed by atoms with van der Waals surface area (Å²) >= 11 is 3.61. The van der Waals surface area contributed by atoms with E-state index in [1.54, 1.807) is 0 Å². The van der Waals surface area contributed by atoms with Crippen LogP contribution in [0.1, 0.15) is 38.7 Å². The molecule has 0 spiro atoms. The zero-order chi connectivity index (χ0) is 15.2. The quantitative estimate of drug-likeness (QED) is 0.778. The molecule has 3 nitrogen and oxygen atoms in total. The van der Waals surface area contributed by atoms with Gasteiger partial charge in [-0.2, -0.15) is 0 Å². The lowest BCUT2D eigenvalue weighted by molar-refractivity contribution is 0.212. The van der Waals surface area contributed by atoms with Gasteiger partial charge in [-0.05, 0) is 79.2 Å². The highest BCUT2D eigenvalue weighted by atomic mass is 79.9. The molecule has 0 fully saturated rings. The van der Waals surface area contributed by atoms with Gasteiger partial charge in [-0.1, -0.05) is 6.08 Å². The second-order valence-corrected chi connectivity index (χ2v) is 6.39. The first-order chi connectivity index (χ1) is 10.1. The fourth-order valence-corrected chi connectivity index (χ4v) is 3.10. The third-order valence-corrected chi connectivity index (χ3v) is 4.00. The van der Waals surface area contributed by atoms with Crippen LogP contribution in [-0.2, 0) is 6.42 Å². The zero-order valence-electron chi connectivity index (χ0n) is 12.8. The van der Waals surface area contributed by atoms with Crippen molar-refractivity contribution < 1.29 is 9.47 Å². The minimum absolute atomic E-state index is 0.124. The van der Waals surface area contributed by atoms with Crippen LogP contribution in [-0.4, -0.2) is 18.8 Å². The van der Waals surface area contributed by atoms with E-state index in [0.29, 0.717) is 6.61 Å². The van der Waals surface area contributed by atoms with Crippen LogP contribution in [0.2, 0.25) is 0 Å². The minimum atomic E-state index is 0.124. The molecular weight excluding hydrogens is 330 g/mol. The maximum Gasteiger partial charge on any atom is 0.176 e. The SMILES string of the molecule is CCOc1cc(CC(C)N)cc(Br)c1OC1C=CCCC1. The molecule has 0 amide bonds. The van der Waals surface area contributed by atoms with Crippen LogP contribution in [0, 0.1) is 0 Å². The van der Waals surface area contributed by atoms with E-state index in [4.69, 9.17) is 15.2 Å². The van der Waals surface area contributed by atoms with Gasteiger partial charge >= 0.3 is 0 Å². The topological polar surface area (TPSA) is 44.5 Å². The molecule has 0 bridgehead atoms. The Morgan fingerprint density at radius 3 is 2.86 bits per heavy atom. The number of hydrogen-bond donors (Lipinski definition) is 1. The van der Waals surface area contributed by atoms with Gasteiger partial charge in [-0.3, -0.25) is 0 Å². The van der Waals surface area contributed by atoms with E-state index in [1.165, 1.54) is 6.42 Å². The maximum absolute atomic E-state index is 6.14. The van der Waals surface area contributed by atoms with Gasteiger partial charge in [0.1, 0.15) is 6.10 Å². The number of allylic oxidation sites excluding steroid dienone is 1. The summed E-state index contributed by atoms with van der Waals surface area (Å²) in [6, 6.07) is 4.24. The average molecular weight is 354 g/mol. The van der Waals surface area contributed by atoms with Crippen molar-refractivity contribution in [1.29, 1.82) is 0 Å². The number of rotatable bonds is 6. The van der Waals surface area contributed by atoms with E-state index >= 15 is 0 Å². The number of ether oxygens (including phenoxy) is 2. The Morgan fingerprint density at radius 1 is 1.43 bits per heavy atom. The molecule has 0 aliphatic heterocycles. The number of halogens is 1. The third kappa shape index (κ3) is 4.75. The number of hydrogen-bond acceptors (Lipinski definition) is 3. The summed E-state index contributed by atoms with van der Waals surface area (Å²) < 4.78 is 12.8. The zero-order valence-corrected chi connectivity index (χ0v) is 14.4. The van der Waals surface area contributed by atoms with Gasteiger partial charge < -0.3 is 15.2 Å². The highest BCUT2D eigenvalue weighted by Crippen LogP contribution is 2.38. The molecule has 1 aliphatic rings. The van der Waals surface area contributed by atoms with E-state index in [9.17, 15) is 0 Å². The van der Waals surface area contributed by atoms with E-state index < -0.39 is 0 Å². The molecule has 4 heteroatoms. The van der Waals surface area contributed by atoms with Crippen molar-refractivity contribution in [2.45, 2.75) is 51.7 Å². The highest BCUT2D eigenvalue weighted by molar-refractivity contribution is 9.10. The number of nitrogens with two attached hydrogens (primary N) is 1. The molecule has 0 heterocycles. The lowest BCUT2D eigenvalue weighted by Gasteiger charge is -2.22. The van der Waals surface area contributed by atoms with Crippen molar-refractivity contribution in [3.63, 3.8) is 0 Å². The normalized spacial score (nSPS) is 19.3. The summed E-state index contributed by atoms with van der Waals surface area (Å²) in [6.45, 7) is 4.60. The van der Waals surface area contributed by atoms with Crippen molar-refractivity contribution in [2.24, 2.45) is 5.73 Å². The second kappa shape index (κ2) is 7.85. The molecule has 0 radical (unpaired) electrons. The van der Waals surface area contributed by atoms with Crippen LogP contribution in [0.25, 0.3) is 0 Å². The highest BCUT2D eigenvalue weighted by Gasteiger charge is 2.17. The van der Waals surface area contributed by atoms with Crippen LogP contribution in [0.3, 0.4) is 0 Å². The molecule has 0 aromatic heterocycles. The summed E-state index contributed by atoms with van der Waals surface area (Å²) in [4.78, 5) is 0. The van der Waals surface area contributed by atoms with Crippen LogP contribution in [0.5, 0.6) is 11.5 Å². The Labute approximate surface area is 135 Å². The molecule has 2 unspecified atom stereocenters. The van der Waals surface area contributed by atoms with Crippen LogP contribution >= 0.6 is 15.9 Å². The summed E-state index contributed by atoms with van der Waals surface area (Å²) in [7, 11) is 0. The van der Waals surface area contributed by atoms with Gasteiger partial charge in [0.05, 0.1) is 11.1 Å². The third-order valence-electron chi connectivity index (χ3n) is 3.41. The molecule has 1 aliphatic carbocycles. The molecule has 2 atom stereocenters. The predicted molar refractivity (Wildman–Crippen MR) is 90.1 cm³/mol. The molecule has 2 rings (SSSR count). The summed E-state index contributed by atoms with van der Waals surface area (Å²) in [5.74, 6) is 1.59. The van der Waals surface area contributed by atoms with E-state index in [1.807, 2.05) is 19.9 Å². The number of benzene rings is 1. The van der Waals surface area contributed by atoms with Crippen LogP contribution in [0.15, 0.2) is 28.8 Å². The fraction of sp³-hybridized carbons (Fsp3) is 0.529. The van der Waals surface area contributed by atoms with Gasteiger partial charge in [-0.25, -0.2) is 0 Å². The Hall–Kier alpha value is -1.00. The lowest BCUT2D eigenvalue weighted by atomic mass is 10.0. The largest absolute Gasteiger partial charge is 0.490 e. The molecular formula is C17H24BrNO2. The van der Waals surface area contributed by atoms with Gasteiger partial charge in [0.2, 0.25) is 0 Å². The minimum Gasteiger partial charge on any atom is -0.490 e. The molecule has 0 saturated heterocycles. The van der Waals surface area contributed by atoms with Crippen molar-refractivity contribution >= 4 is 15.9 Å². The first-order valence-corrected chi connectivity index (χ1v) is 8.43. The van der Waals surface area contributed by atoms with Crippen molar-refractivity contribution in [3.8, 4) is 11.5 Å². The predicted octanol–water partition coefficient (Wildman–Crippen LogP) is 4.23. The van der Waals surface area contributed by atoms with Crippen LogP contribution in [0.4, 0.5) is 0 Å². The summed E-state index contributed by atoms with van der Waals surface area (Å²) in [6.07, 6.45) is 8.65. The molecule has 116 valence electrons. The van der Waals surface area contributed by atoms with E-state index in [-0.39, 0.29) is 12.1 Å². The van der Waals surface area contributed by atoms with Crippen molar-refractivity contribution in [2.75, 3.05) is 6.61 Å². The molecule has 2 N–H and O–H groups in total. The van der Waals surface area contributed by atoms with Crippen molar-refractivity contribution in [3.05, 3.63) is 34.3 Å². The molecule has 21 heavy (non-hydrogen) atoms. The standard InChI is InChI=1S/C17H24BrNO2/c1-3-20-16-11-13(9-12(2)19)10-15(18)17(16)21-14-7-5-4-6-8-14/h5,7,10-12,14H,3-4,6,8-9,19H2,1-2H3. The Bertz CT molecular complexity index is 500. The first-order valence-electron chi connectivity index (χ1n) is 7.64. The van der Waals surface area contributed by atoms with Gasteiger partial charge in [0.15, 0.2) is 11.5 Å². The molecule has 1 aromatic rings. The monoisotopic (exact) mass is 353 g/mol.